The highest BCUT2D eigenvalue weighted by atomic mass is 32.2. The summed E-state index contributed by atoms with van der Waals surface area (Å²) >= 11 is 1.79. The Morgan fingerprint density at radius 2 is 2.16 bits per heavy atom. The summed E-state index contributed by atoms with van der Waals surface area (Å²) in [6.45, 7) is 0.642. The largest absolute Gasteiger partial charge is 0.353 e. The van der Waals surface area contributed by atoms with E-state index in [0.29, 0.717) is 19.4 Å². The van der Waals surface area contributed by atoms with Gasteiger partial charge in [-0.3, -0.25) is 9.59 Å². The second-order valence-corrected chi connectivity index (χ2v) is 5.59. The summed E-state index contributed by atoms with van der Waals surface area (Å²) in [5.74, 6) is 1.74. The van der Waals surface area contributed by atoms with E-state index in [0.717, 1.165) is 11.5 Å². The highest BCUT2D eigenvalue weighted by Crippen LogP contribution is 2.11. The van der Waals surface area contributed by atoms with Crippen LogP contribution in [0.2, 0.25) is 0 Å². The van der Waals surface area contributed by atoms with Crippen LogP contribution in [-0.2, 0) is 15.3 Å². The van der Waals surface area contributed by atoms with E-state index in [9.17, 15) is 9.59 Å². The molecule has 0 saturated carbocycles. The Bertz CT molecular complexity index is 436. The van der Waals surface area contributed by atoms with Crippen LogP contribution in [-0.4, -0.2) is 30.2 Å². The van der Waals surface area contributed by atoms with Crippen LogP contribution in [0.4, 0.5) is 0 Å². The number of rotatable bonds is 6. The molecule has 102 valence electrons. The summed E-state index contributed by atoms with van der Waals surface area (Å²) in [5, 5.41) is 5.52. The number of hydrogen-bond acceptors (Lipinski definition) is 3. The summed E-state index contributed by atoms with van der Waals surface area (Å²) in [6, 6.07) is 9.93. The minimum absolute atomic E-state index is 0.0291. The van der Waals surface area contributed by atoms with Crippen molar-refractivity contribution >= 4 is 23.6 Å². The average molecular weight is 278 g/mol. The van der Waals surface area contributed by atoms with Gasteiger partial charge in [0.1, 0.15) is 6.04 Å². The molecule has 2 N–H and O–H groups in total. The second-order valence-electron chi connectivity index (χ2n) is 4.49. The first-order valence-electron chi connectivity index (χ1n) is 6.44. The summed E-state index contributed by atoms with van der Waals surface area (Å²) in [6.07, 6.45) is 1.07. The molecule has 1 aliphatic rings. The van der Waals surface area contributed by atoms with Gasteiger partial charge < -0.3 is 10.6 Å². The Labute approximate surface area is 117 Å². The predicted octanol–water partition coefficient (Wildman–Crippen LogP) is 1.31. The Hall–Kier alpha value is -1.49. The first-order valence-corrected chi connectivity index (χ1v) is 7.60. The second kappa shape index (κ2) is 7.19. The zero-order chi connectivity index (χ0) is 13.5. The molecule has 1 aliphatic heterocycles. The summed E-state index contributed by atoms with van der Waals surface area (Å²) in [7, 11) is 0. The van der Waals surface area contributed by atoms with Gasteiger partial charge in [0.15, 0.2) is 0 Å². The molecule has 4 nitrogen and oxygen atoms in total. The van der Waals surface area contributed by atoms with Crippen molar-refractivity contribution in [1.82, 2.24) is 10.6 Å². The van der Waals surface area contributed by atoms with Crippen LogP contribution in [0.5, 0.6) is 0 Å². The normalized spacial score (nSPS) is 18.1. The monoisotopic (exact) mass is 278 g/mol. The van der Waals surface area contributed by atoms with E-state index in [4.69, 9.17) is 0 Å². The number of thioether (sulfide) groups is 1. The molecule has 1 unspecified atom stereocenters. The van der Waals surface area contributed by atoms with E-state index in [-0.39, 0.29) is 17.9 Å². The van der Waals surface area contributed by atoms with E-state index >= 15 is 0 Å². The van der Waals surface area contributed by atoms with Gasteiger partial charge in [-0.2, -0.15) is 11.8 Å². The Kier molecular flexibility index (Phi) is 5.27. The lowest BCUT2D eigenvalue weighted by Crippen LogP contribution is -2.42. The Balaban J connectivity index is 1.57. The molecule has 0 bridgehead atoms. The fraction of sp³-hybridized carbons (Fsp3) is 0.429. The molecule has 1 atom stereocenters. The number of hydrogen-bond donors (Lipinski definition) is 2. The van der Waals surface area contributed by atoms with Crippen molar-refractivity contribution in [1.29, 1.82) is 0 Å². The summed E-state index contributed by atoms with van der Waals surface area (Å²) < 4.78 is 0. The SMILES string of the molecule is O=C1CCC(C(=O)NCCSCc2ccccc2)N1. The average Bonchev–Trinajstić information content (AvgIpc) is 2.86. The third-order valence-electron chi connectivity index (χ3n) is 2.97. The van der Waals surface area contributed by atoms with Crippen molar-refractivity contribution < 1.29 is 9.59 Å². The lowest BCUT2D eigenvalue weighted by Gasteiger charge is -2.10. The maximum atomic E-state index is 11.7. The molecule has 1 heterocycles. The van der Waals surface area contributed by atoms with Crippen molar-refractivity contribution in [3.8, 4) is 0 Å². The van der Waals surface area contributed by atoms with Crippen LogP contribution in [0.3, 0.4) is 0 Å². The molecule has 5 heteroatoms. The fourth-order valence-electron chi connectivity index (χ4n) is 1.94. The minimum atomic E-state index is -0.327. The van der Waals surface area contributed by atoms with Crippen LogP contribution in [0.1, 0.15) is 18.4 Å². The molecule has 0 radical (unpaired) electrons. The molecule has 0 spiro atoms. The molecule has 2 amide bonds. The molecule has 1 aromatic rings. The van der Waals surface area contributed by atoms with E-state index < -0.39 is 0 Å². The zero-order valence-corrected chi connectivity index (χ0v) is 11.5. The maximum absolute atomic E-state index is 11.7. The number of carbonyl (C=O) groups excluding carboxylic acids is 2. The van der Waals surface area contributed by atoms with E-state index in [2.05, 4.69) is 22.8 Å². The molecular formula is C14H18N2O2S. The van der Waals surface area contributed by atoms with E-state index in [1.807, 2.05) is 18.2 Å². The highest BCUT2D eigenvalue weighted by molar-refractivity contribution is 7.98. The number of benzene rings is 1. The lowest BCUT2D eigenvalue weighted by atomic mass is 10.2. The van der Waals surface area contributed by atoms with Crippen molar-refractivity contribution in [3.05, 3.63) is 35.9 Å². The van der Waals surface area contributed by atoms with Crippen molar-refractivity contribution in [3.63, 3.8) is 0 Å². The van der Waals surface area contributed by atoms with Gasteiger partial charge >= 0.3 is 0 Å². The fourth-order valence-corrected chi connectivity index (χ4v) is 2.76. The zero-order valence-electron chi connectivity index (χ0n) is 10.7. The Morgan fingerprint density at radius 3 is 2.84 bits per heavy atom. The smallest absolute Gasteiger partial charge is 0.242 e. The van der Waals surface area contributed by atoms with Crippen molar-refractivity contribution in [2.45, 2.75) is 24.6 Å². The topological polar surface area (TPSA) is 58.2 Å². The van der Waals surface area contributed by atoms with Gasteiger partial charge in [-0.15, -0.1) is 0 Å². The molecule has 2 rings (SSSR count). The van der Waals surface area contributed by atoms with Crippen LogP contribution >= 0.6 is 11.8 Å². The van der Waals surface area contributed by atoms with E-state index in [1.54, 1.807) is 11.8 Å². The molecule has 0 aliphatic carbocycles. The minimum Gasteiger partial charge on any atom is -0.353 e. The van der Waals surface area contributed by atoms with Crippen LogP contribution in [0.25, 0.3) is 0 Å². The van der Waals surface area contributed by atoms with Gasteiger partial charge in [0.05, 0.1) is 0 Å². The maximum Gasteiger partial charge on any atom is 0.242 e. The number of nitrogens with one attached hydrogen (secondary N) is 2. The molecule has 1 fully saturated rings. The van der Waals surface area contributed by atoms with Crippen molar-refractivity contribution in [2.24, 2.45) is 0 Å². The quantitative estimate of drug-likeness (QED) is 0.772. The first-order chi connectivity index (χ1) is 9.25. The molecule has 1 saturated heterocycles. The standard InChI is InChI=1S/C14H18N2O2S/c17-13-7-6-12(16-13)14(18)15-8-9-19-10-11-4-2-1-3-5-11/h1-5,12H,6-10H2,(H,15,18)(H,16,17). The van der Waals surface area contributed by atoms with Gasteiger partial charge in [0, 0.05) is 24.5 Å². The molecule has 19 heavy (non-hydrogen) atoms. The van der Waals surface area contributed by atoms with Gasteiger partial charge in [-0.1, -0.05) is 30.3 Å². The Morgan fingerprint density at radius 1 is 1.37 bits per heavy atom. The van der Waals surface area contributed by atoms with E-state index in [1.165, 1.54) is 5.56 Å². The van der Waals surface area contributed by atoms with Crippen LogP contribution in [0, 0.1) is 0 Å². The molecular weight excluding hydrogens is 260 g/mol. The van der Waals surface area contributed by atoms with Crippen LogP contribution < -0.4 is 10.6 Å². The molecule has 1 aromatic carbocycles. The first kappa shape index (κ1) is 13.9. The summed E-state index contributed by atoms with van der Waals surface area (Å²) in [4.78, 5) is 22.7. The van der Waals surface area contributed by atoms with Crippen LogP contribution in [0.15, 0.2) is 30.3 Å². The molecule has 0 aromatic heterocycles. The van der Waals surface area contributed by atoms with Gasteiger partial charge in [0.2, 0.25) is 11.8 Å². The number of amides is 2. The third-order valence-corrected chi connectivity index (χ3v) is 4.00. The number of carbonyl (C=O) groups is 2. The highest BCUT2D eigenvalue weighted by Gasteiger charge is 2.26. The van der Waals surface area contributed by atoms with Crippen molar-refractivity contribution in [2.75, 3.05) is 12.3 Å². The lowest BCUT2D eigenvalue weighted by molar-refractivity contribution is -0.125. The predicted molar refractivity (Wildman–Crippen MR) is 76.8 cm³/mol. The van der Waals surface area contributed by atoms with Gasteiger partial charge in [-0.05, 0) is 12.0 Å². The van der Waals surface area contributed by atoms with Gasteiger partial charge in [0.25, 0.3) is 0 Å². The third kappa shape index (κ3) is 4.59. The summed E-state index contributed by atoms with van der Waals surface area (Å²) in [5.41, 5.74) is 1.29. The van der Waals surface area contributed by atoms with Gasteiger partial charge in [-0.25, -0.2) is 0 Å².